The van der Waals surface area contributed by atoms with E-state index in [1.807, 2.05) is 18.2 Å². The minimum Gasteiger partial charge on any atom is -0.370 e. The zero-order chi connectivity index (χ0) is 18.2. The van der Waals surface area contributed by atoms with Gasteiger partial charge in [0.25, 0.3) is 0 Å². The molecule has 1 aliphatic heterocycles. The predicted octanol–water partition coefficient (Wildman–Crippen LogP) is 2.91. The van der Waals surface area contributed by atoms with E-state index >= 15 is 0 Å². The number of nitrogens with one attached hydrogen (secondary N) is 1. The molecule has 2 rings (SSSR count). The molecule has 1 aromatic carbocycles. The lowest BCUT2D eigenvalue weighted by Crippen LogP contribution is -2.47. The molecule has 0 bridgehead atoms. The molecule has 1 aliphatic rings. The van der Waals surface area contributed by atoms with Crippen molar-refractivity contribution in [2.24, 2.45) is 16.6 Å². The lowest BCUT2D eigenvalue weighted by Gasteiger charge is -2.35. The first-order chi connectivity index (χ1) is 12.0. The van der Waals surface area contributed by atoms with E-state index in [-0.39, 0.29) is 5.91 Å². The molecule has 2 atom stereocenters. The Bertz CT molecular complexity index is 610. The molecule has 1 saturated heterocycles. The lowest BCUT2D eigenvalue weighted by molar-refractivity contribution is -0.119. The van der Waals surface area contributed by atoms with E-state index in [0.29, 0.717) is 17.6 Å². The molecule has 3 N–H and O–H groups in total. The second kappa shape index (κ2) is 9.92. The van der Waals surface area contributed by atoms with Crippen LogP contribution in [-0.2, 0) is 4.79 Å². The third-order valence-electron chi connectivity index (χ3n) is 4.47. The third kappa shape index (κ3) is 6.12. The largest absolute Gasteiger partial charge is 0.370 e. The van der Waals surface area contributed by atoms with Crippen LogP contribution < -0.4 is 11.1 Å². The standard InChI is InChI=1S/C18H27ClN4OS/c1-21-18(23-8-4-5-13(12-23)9-17(20)24)22-11-16(25-2)14-6-3-7-15(19)10-14/h3,6-7,10,13,16H,4-5,8-9,11-12H2,1-2H3,(H2,20,24)(H,21,22). The van der Waals surface area contributed by atoms with Crippen LogP contribution >= 0.6 is 23.4 Å². The molecule has 0 aromatic heterocycles. The number of benzene rings is 1. The average molecular weight is 383 g/mol. The van der Waals surface area contributed by atoms with Gasteiger partial charge >= 0.3 is 0 Å². The summed E-state index contributed by atoms with van der Waals surface area (Å²) in [7, 11) is 1.80. The number of thioether (sulfide) groups is 1. The number of halogens is 1. The fraction of sp³-hybridized carbons (Fsp3) is 0.556. The molecule has 25 heavy (non-hydrogen) atoms. The maximum absolute atomic E-state index is 11.2. The fourth-order valence-electron chi connectivity index (χ4n) is 3.27. The maximum atomic E-state index is 11.2. The third-order valence-corrected chi connectivity index (χ3v) is 5.71. The molecule has 0 aliphatic carbocycles. The number of primary amides is 1. The maximum Gasteiger partial charge on any atom is 0.217 e. The summed E-state index contributed by atoms with van der Waals surface area (Å²) in [6.07, 6.45) is 4.65. The number of guanidine groups is 1. The number of aliphatic imine (C=N–C) groups is 1. The van der Waals surface area contributed by atoms with Crippen molar-refractivity contribution < 1.29 is 4.79 Å². The molecule has 2 unspecified atom stereocenters. The van der Waals surface area contributed by atoms with Crippen molar-refractivity contribution in [3.63, 3.8) is 0 Å². The number of hydrogen-bond acceptors (Lipinski definition) is 3. The van der Waals surface area contributed by atoms with Gasteiger partial charge < -0.3 is 16.0 Å². The van der Waals surface area contributed by atoms with Crippen LogP contribution in [0.1, 0.15) is 30.1 Å². The van der Waals surface area contributed by atoms with E-state index in [9.17, 15) is 4.79 Å². The molecular formula is C18H27ClN4OS. The number of piperidine rings is 1. The number of hydrogen-bond donors (Lipinski definition) is 2. The molecule has 5 nitrogen and oxygen atoms in total. The quantitative estimate of drug-likeness (QED) is 0.586. The average Bonchev–Trinajstić information content (AvgIpc) is 2.58. The molecule has 138 valence electrons. The summed E-state index contributed by atoms with van der Waals surface area (Å²) in [5.41, 5.74) is 6.56. The fourth-order valence-corrected chi connectivity index (χ4v) is 4.14. The van der Waals surface area contributed by atoms with Crippen molar-refractivity contribution >= 4 is 35.2 Å². The summed E-state index contributed by atoms with van der Waals surface area (Å²) in [4.78, 5) is 17.8. The normalized spacial score (nSPS) is 19.6. The van der Waals surface area contributed by atoms with E-state index in [1.165, 1.54) is 5.56 Å². The lowest BCUT2D eigenvalue weighted by atomic mass is 9.95. The number of carbonyl (C=O) groups excluding carboxylic acids is 1. The summed E-state index contributed by atoms with van der Waals surface area (Å²) in [5, 5.41) is 4.53. The van der Waals surface area contributed by atoms with E-state index in [1.54, 1.807) is 18.8 Å². The van der Waals surface area contributed by atoms with Crippen LogP contribution in [0.2, 0.25) is 5.02 Å². The Morgan fingerprint density at radius 2 is 2.36 bits per heavy atom. The number of likely N-dealkylation sites (tertiary alicyclic amines) is 1. The highest BCUT2D eigenvalue weighted by molar-refractivity contribution is 7.98. The second-order valence-corrected chi connectivity index (χ2v) is 7.81. The summed E-state index contributed by atoms with van der Waals surface area (Å²) in [6.45, 7) is 2.55. The van der Waals surface area contributed by atoms with Crippen LogP contribution in [0.3, 0.4) is 0 Å². The molecule has 1 heterocycles. The zero-order valence-corrected chi connectivity index (χ0v) is 16.4. The SMILES string of the molecule is CN=C(NCC(SC)c1cccc(Cl)c1)N1CCCC(CC(N)=O)C1. The van der Waals surface area contributed by atoms with Crippen LogP contribution in [0.15, 0.2) is 29.3 Å². The van der Waals surface area contributed by atoms with Gasteiger partial charge in [-0.2, -0.15) is 11.8 Å². The number of amides is 1. The molecular weight excluding hydrogens is 356 g/mol. The first kappa shape index (κ1) is 19.9. The Kier molecular flexibility index (Phi) is 7.90. The topological polar surface area (TPSA) is 70.7 Å². The Morgan fingerprint density at radius 1 is 1.56 bits per heavy atom. The van der Waals surface area contributed by atoms with Crippen LogP contribution in [0.4, 0.5) is 0 Å². The highest BCUT2D eigenvalue weighted by Gasteiger charge is 2.24. The highest BCUT2D eigenvalue weighted by atomic mass is 35.5. The van der Waals surface area contributed by atoms with Gasteiger partial charge in [0.05, 0.1) is 0 Å². The van der Waals surface area contributed by atoms with Crippen molar-refractivity contribution in [2.45, 2.75) is 24.5 Å². The first-order valence-electron chi connectivity index (χ1n) is 8.55. The minimum absolute atomic E-state index is 0.224. The van der Waals surface area contributed by atoms with E-state index < -0.39 is 0 Å². The predicted molar refractivity (Wildman–Crippen MR) is 107 cm³/mol. The molecule has 0 spiro atoms. The molecule has 0 radical (unpaired) electrons. The molecule has 1 amide bonds. The van der Waals surface area contributed by atoms with E-state index in [2.05, 4.69) is 27.5 Å². The summed E-state index contributed by atoms with van der Waals surface area (Å²) >= 11 is 7.90. The summed E-state index contributed by atoms with van der Waals surface area (Å²) in [5.74, 6) is 0.975. The van der Waals surface area contributed by atoms with Gasteiger partial charge in [0.15, 0.2) is 5.96 Å². The Hall–Kier alpha value is -1.40. The van der Waals surface area contributed by atoms with Crippen molar-refractivity contribution in [1.29, 1.82) is 0 Å². The summed E-state index contributed by atoms with van der Waals surface area (Å²) < 4.78 is 0. The molecule has 1 fully saturated rings. The summed E-state index contributed by atoms with van der Waals surface area (Å²) in [6, 6.07) is 7.98. The molecule has 7 heteroatoms. The number of carbonyl (C=O) groups is 1. The van der Waals surface area contributed by atoms with Crippen molar-refractivity contribution in [1.82, 2.24) is 10.2 Å². The van der Waals surface area contributed by atoms with Gasteiger partial charge in [-0.25, -0.2) is 0 Å². The van der Waals surface area contributed by atoms with Gasteiger partial charge in [0.2, 0.25) is 5.91 Å². The first-order valence-corrected chi connectivity index (χ1v) is 10.2. The Labute approximate surface area is 159 Å². The minimum atomic E-state index is -0.224. The number of rotatable bonds is 6. The molecule has 1 aromatic rings. The van der Waals surface area contributed by atoms with Crippen LogP contribution in [0, 0.1) is 5.92 Å². The van der Waals surface area contributed by atoms with Gasteiger partial charge in [-0.1, -0.05) is 23.7 Å². The van der Waals surface area contributed by atoms with Gasteiger partial charge in [-0.3, -0.25) is 9.79 Å². The smallest absolute Gasteiger partial charge is 0.217 e. The second-order valence-electron chi connectivity index (χ2n) is 6.33. The van der Waals surface area contributed by atoms with Crippen LogP contribution in [-0.4, -0.2) is 49.7 Å². The number of nitrogens with zero attached hydrogens (tertiary/aromatic N) is 2. The Morgan fingerprint density at radius 3 is 3.00 bits per heavy atom. The van der Waals surface area contributed by atoms with Gasteiger partial charge in [0.1, 0.15) is 0 Å². The van der Waals surface area contributed by atoms with Crippen LogP contribution in [0.5, 0.6) is 0 Å². The van der Waals surface area contributed by atoms with E-state index in [0.717, 1.165) is 43.5 Å². The van der Waals surface area contributed by atoms with Gasteiger partial charge in [0, 0.05) is 43.4 Å². The van der Waals surface area contributed by atoms with Gasteiger partial charge in [-0.05, 0) is 42.7 Å². The molecule has 0 saturated carbocycles. The van der Waals surface area contributed by atoms with Crippen LogP contribution in [0.25, 0.3) is 0 Å². The monoisotopic (exact) mass is 382 g/mol. The van der Waals surface area contributed by atoms with Gasteiger partial charge in [-0.15, -0.1) is 0 Å². The van der Waals surface area contributed by atoms with Crippen molar-refractivity contribution in [2.75, 3.05) is 32.9 Å². The Balaban J connectivity index is 1.95. The highest BCUT2D eigenvalue weighted by Crippen LogP contribution is 2.28. The zero-order valence-electron chi connectivity index (χ0n) is 14.9. The van der Waals surface area contributed by atoms with E-state index in [4.69, 9.17) is 17.3 Å². The van der Waals surface area contributed by atoms with Crippen molar-refractivity contribution in [3.8, 4) is 0 Å². The van der Waals surface area contributed by atoms with Crippen molar-refractivity contribution in [3.05, 3.63) is 34.9 Å². The number of nitrogens with two attached hydrogens (primary N) is 1.